The van der Waals surface area contributed by atoms with Gasteiger partial charge in [-0.3, -0.25) is 9.78 Å². The highest BCUT2D eigenvalue weighted by Gasteiger charge is 2.18. The molecule has 0 amide bonds. The van der Waals surface area contributed by atoms with E-state index in [9.17, 15) is 4.79 Å². The molecule has 0 spiro atoms. The van der Waals surface area contributed by atoms with E-state index in [1.54, 1.807) is 12.4 Å². The maximum Gasteiger partial charge on any atom is 0.200 e. The van der Waals surface area contributed by atoms with Crippen LogP contribution in [0.25, 0.3) is 22.0 Å². The first kappa shape index (κ1) is 24.6. The summed E-state index contributed by atoms with van der Waals surface area (Å²) < 4.78 is 5.37. The van der Waals surface area contributed by atoms with Crippen LogP contribution < -0.4 is 5.32 Å². The van der Waals surface area contributed by atoms with Gasteiger partial charge in [-0.25, -0.2) is 9.97 Å². The third-order valence-electron chi connectivity index (χ3n) is 6.39. The van der Waals surface area contributed by atoms with Crippen molar-refractivity contribution in [2.24, 2.45) is 0 Å². The molecule has 0 aliphatic rings. The lowest BCUT2D eigenvalue weighted by Crippen LogP contribution is -2.11. The lowest BCUT2D eigenvalue weighted by atomic mass is 10.0. The lowest BCUT2D eigenvalue weighted by molar-refractivity contribution is 0.0973. The van der Waals surface area contributed by atoms with E-state index in [0.717, 1.165) is 44.7 Å². The molecule has 0 fully saturated rings. The number of carbonyl (C=O) groups is 1. The molecule has 3 heterocycles. The van der Waals surface area contributed by atoms with E-state index in [-0.39, 0.29) is 11.6 Å². The highest BCUT2D eigenvalue weighted by molar-refractivity contribution is 6.30. The number of nitrogens with zero attached hydrogens (tertiary/aromatic N) is 4. The van der Waals surface area contributed by atoms with Gasteiger partial charge in [-0.15, -0.1) is 0 Å². The van der Waals surface area contributed by atoms with Crippen molar-refractivity contribution in [3.63, 3.8) is 0 Å². The molecule has 7 nitrogen and oxygen atoms in total. The number of benzene rings is 2. The predicted octanol–water partition coefficient (Wildman–Crippen LogP) is 6.69. The molecule has 2 aromatic carbocycles. The number of pyridine rings is 1. The number of nitrogens with one attached hydrogen (secondary N) is 1. The summed E-state index contributed by atoms with van der Waals surface area (Å²) in [6.45, 7) is 6.31. The Morgan fingerprint density at radius 1 is 1.05 bits per heavy atom. The maximum atomic E-state index is 13.2. The number of Topliss-reactive ketones (excluding diaryl/α,β-unsaturated/α-hetero) is 1. The number of carbonyl (C=O) groups excluding carboxylic acids is 1. The normalized spacial score (nSPS) is 11.1. The van der Waals surface area contributed by atoms with Crippen molar-refractivity contribution in [1.82, 2.24) is 20.1 Å². The number of fused-ring (bicyclic) bond motifs is 1. The number of aryl methyl sites for hydroxylation is 4. The second kappa shape index (κ2) is 10.5. The van der Waals surface area contributed by atoms with Crippen LogP contribution in [0.5, 0.6) is 0 Å². The molecule has 0 unspecified atom stereocenters. The Morgan fingerprint density at radius 2 is 1.92 bits per heavy atom. The predicted molar refractivity (Wildman–Crippen MR) is 145 cm³/mol. The highest BCUT2D eigenvalue weighted by Crippen LogP contribution is 2.32. The van der Waals surface area contributed by atoms with Gasteiger partial charge < -0.3 is 9.84 Å². The molecule has 0 saturated carbocycles. The molecule has 186 valence electrons. The average molecular weight is 512 g/mol. The van der Waals surface area contributed by atoms with Crippen LogP contribution in [0, 0.1) is 20.8 Å². The van der Waals surface area contributed by atoms with Crippen LogP contribution in [-0.4, -0.2) is 25.9 Å². The van der Waals surface area contributed by atoms with Gasteiger partial charge in [0.25, 0.3) is 0 Å². The minimum absolute atomic E-state index is 0.120. The van der Waals surface area contributed by atoms with Crippen molar-refractivity contribution < 1.29 is 9.32 Å². The molecule has 0 atom stereocenters. The standard InChI is InChI=1S/C29H26ClN5O2/c1-17-11-12-31-16-22(17)8-10-26(36)29-33-25-9-7-21(27-18(2)35-37-19(27)3)14-24(25)28(34-29)32-15-20-5-4-6-23(30)13-20/h4-7,9,11-14,16H,8,10,15H2,1-3H3,(H,32,33,34). The number of halogens is 1. The van der Waals surface area contributed by atoms with Gasteiger partial charge in [0.05, 0.1) is 11.2 Å². The number of ketones is 1. The quantitative estimate of drug-likeness (QED) is 0.232. The molecule has 0 saturated heterocycles. The van der Waals surface area contributed by atoms with Gasteiger partial charge in [0.1, 0.15) is 11.6 Å². The summed E-state index contributed by atoms with van der Waals surface area (Å²) >= 11 is 6.17. The molecular formula is C29H26ClN5O2. The Labute approximate surface area is 219 Å². The molecule has 37 heavy (non-hydrogen) atoms. The van der Waals surface area contributed by atoms with Gasteiger partial charge in [-0.05, 0) is 79.8 Å². The first-order valence-electron chi connectivity index (χ1n) is 12.0. The minimum Gasteiger partial charge on any atom is -0.365 e. The van der Waals surface area contributed by atoms with E-state index in [1.165, 1.54) is 0 Å². The van der Waals surface area contributed by atoms with Crippen LogP contribution in [0.4, 0.5) is 5.82 Å². The van der Waals surface area contributed by atoms with E-state index in [2.05, 4.69) is 25.4 Å². The Hall–Kier alpha value is -4.10. The molecule has 8 heteroatoms. The van der Waals surface area contributed by atoms with Crippen LogP contribution in [0.2, 0.25) is 5.02 Å². The molecule has 0 bridgehead atoms. The molecule has 0 radical (unpaired) electrons. The van der Waals surface area contributed by atoms with Crippen LogP contribution in [0.15, 0.2) is 65.4 Å². The van der Waals surface area contributed by atoms with Gasteiger partial charge in [-0.1, -0.05) is 35.0 Å². The number of aromatic nitrogens is 4. The van der Waals surface area contributed by atoms with Gasteiger partial charge in [0.15, 0.2) is 11.6 Å². The zero-order valence-electron chi connectivity index (χ0n) is 20.9. The molecule has 5 rings (SSSR count). The second-order valence-electron chi connectivity index (χ2n) is 9.04. The minimum atomic E-state index is -0.120. The fourth-order valence-corrected chi connectivity index (χ4v) is 4.60. The van der Waals surface area contributed by atoms with Crippen molar-refractivity contribution in [3.8, 4) is 11.1 Å². The molecule has 0 aliphatic carbocycles. The molecule has 3 aromatic heterocycles. The Kier molecular flexibility index (Phi) is 6.97. The number of hydrogen-bond donors (Lipinski definition) is 1. The van der Waals surface area contributed by atoms with E-state index >= 15 is 0 Å². The van der Waals surface area contributed by atoms with Crippen LogP contribution >= 0.6 is 11.6 Å². The summed E-state index contributed by atoms with van der Waals surface area (Å²) in [6.07, 6.45) is 4.43. The summed E-state index contributed by atoms with van der Waals surface area (Å²) in [6, 6.07) is 15.5. The Morgan fingerprint density at radius 3 is 2.68 bits per heavy atom. The van der Waals surface area contributed by atoms with Crippen molar-refractivity contribution in [3.05, 3.63) is 99.9 Å². The van der Waals surface area contributed by atoms with E-state index < -0.39 is 0 Å². The highest BCUT2D eigenvalue weighted by atomic mass is 35.5. The summed E-state index contributed by atoms with van der Waals surface area (Å²) in [5.41, 5.74) is 6.53. The summed E-state index contributed by atoms with van der Waals surface area (Å²) in [7, 11) is 0. The van der Waals surface area contributed by atoms with Gasteiger partial charge in [0, 0.05) is 41.3 Å². The smallest absolute Gasteiger partial charge is 0.200 e. The monoisotopic (exact) mass is 511 g/mol. The van der Waals surface area contributed by atoms with Crippen molar-refractivity contribution in [1.29, 1.82) is 0 Å². The first-order chi connectivity index (χ1) is 17.9. The zero-order chi connectivity index (χ0) is 25.9. The fraction of sp³-hybridized carbons (Fsp3) is 0.207. The summed E-state index contributed by atoms with van der Waals surface area (Å²) in [4.78, 5) is 26.7. The summed E-state index contributed by atoms with van der Waals surface area (Å²) in [5, 5.41) is 8.95. The SMILES string of the molecule is Cc1ccncc1CCC(=O)c1nc(NCc2cccc(Cl)c2)c2cc(-c3c(C)noc3C)ccc2n1. The third-order valence-corrected chi connectivity index (χ3v) is 6.62. The van der Waals surface area contributed by atoms with Crippen molar-refractivity contribution >= 4 is 34.1 Å². The van der Waals surface area contributed by atoms with Crippen LogP contribution in [-0.2, 0) is 13.0 Å². The van der Waals surface area contributed by atoms with Gasteiger partial charge >= 0.3 is 0 Å². The van der Waals surface area contributed by atoms with Gasteiger partial charge in [-0.2, -0.15) is 0 Å². The van der Waals surface area contributed by atoms with E-state index in [1.807, 2.05) is 69.3 Å². The molecular weight excluding hydrogens is 486 g/mol. The molecule has 0 aliphatic heterocycles. The van der Waals surface area contributed by atoms with Crippen molar-refractivity contribution in [2.75, 3.05) is 5.32 Å². The average Bonchev–Trinajstić information content (AvgIpc) is 3.23. The molecule has 5 aromatic rings. The second-order valence-corrected chi connectivity index (χ2v) is 9.47. The number of hydrogen-bond acceptors (Lipinski definition) is 7. The Balaban J connectivity index is 1.51. The number of rotatable bonds is 8. The fourth-order valence-electron chi connectivity index (χ4n) is 4.39. The van der Waals surface area contributed by atoms with Crippen LogP contribution in [0.1, 0.15) is 45.2 Å². The maximum absolute atomic E-state index is 13.2. The zero-order valence-corrected chi connectivity index (χ0v) is 21.6. The van der Waals surface area contributed by atoms with Crippen LogP contribution in [0.3, 0.4) is 0 Å². The largest absolute Gasteiger partial charge is 0.365 e. The number of anilines is 1. The topological polar surface area (TPSA) is 93.8 Å². The lowest BCUT2D eigenvalue weighted by Gasteiger charge is -2.12. The first-order valence-corrected chi connectivity index (χ1v) is 12.4. The van der Waals surface area contributed by atoms with E-state index in [4.69, 9.17) is 16.1 Å². The molecule has 1 N–H and O–H groups in total. The Bertz CT molecular complexity index is 1590. The van der Waals surface area contributed by atoms with E-state index in [0.29, 0.717) is 35.7 Å². The summed E-state index contributed by atoms with van der Waals surface area (Å²) in [5.74, 6) is 1.39. The van der Waals surface area contributed by atoms with Gasteiger partial charge in [0.2, 0.25) is 0 Å². The third kappa shape index (κ3) is 5.37. The van der Waals surface area contributed by atoms with Crippen molar-refractivity contribution in [2.45, 2.75) is 40.2 Å².